The average Bonchev–Trinajstić information content (AvgIpc) is 3.61. The van der Waals surface area contributed by atoms with Crippen molar-refractivity contribution in [1.29, 1.82) is 0 Å². The van der Waals surface area contributed by atoms with Crippen LogP contribution in [0.1, 0.15) is 34.3 Å². The fraction of sp³-hybridized carbons (Fsp3) is 0.250. The molecule has 1 N–H and O–H groups in total. The van der Waals surface area contributed by atoms with E-state index in [0.29, 0.717) is 12.3 Å². The number of sulfone groups is 1. The summed E-state index contributed by atoms with van der Waals surface area (Å²) in [6.45, 7) is 0. The van der Waals surface area contributed by atoms with Crippen molar-refractivity contribution in [3.05, 3.63) is 77.5 Å². The summed E-state index contributed by atoms with van der Waals surface area (Å²) in [4.78, 5) is 16.4. The van der Waals surface area contributed by atoms with Crippen molar-refractivity contribution in [2.45, 2.75) is 35.5 Å². The molecule has 0 spiro atoms. The third kappa shape index (κ3) is 5.55. The van der Waals surface area contributed by atoms with Gasteiger partial charge < -0.3 is 10.1 Å². The Labute approximate surface area is 207 Å². The number of hydrogen-bond donors (Lipinski definition) is 1. The van der Waals surface area contributed by atoms with Gasteiger partial charge in [-0.3, -0.25) is 4.79 Å². The third-order valence-corrected chi connectivity index (χ3v) is 6.97. The molecule has 1 aromatic heterocycles. The van der Waals surface area contributed by atoms with Crippen molar-refractivity contribution in [2.75, 3.05) is 11.6 Å². The number of aromatic nitrogens is 1. The molecule has 1 heterocycles. The summed E-state index contributed by atoms with van der Waals surface area (Å²) >= 11 is 0. The lowest BCUT2D eigenvalue weighted by Gasteiger charge is -2.20. The standard InChI is InChI=1S/C24H18F6N2O4S/c1-37(34,35)18-4-2-3-16(12-18)32-20(33)19-11-15(23(25,26)27)13-31-21(19)36-17-7-5-14(6-8-17)22(9-10-22)24(28,29)30/h2-8,11-13H,9-10H2,1H3,(H,32,33). The number of nitrogens with one attached hydrogen (secondary N) is 1. The Kier molecular flexibility index (Phi) is 6.47. The van der Waals surface area contributed by atoms with Gasteiger partial charge in [-0.05, 0) is 54.8 Å². The largest absolute Gasteiger partial charge is 0.438 e. The van der Waals surface area contributed by atoms with Crippen LogP contribution in [0.3, 0.4) is 0 Å². The molecule has 0 bridgehead atoms. The van der Waals surface area contributed by atoms with E-state index in [1.807, 2.05) is 0 Å². The summed E-state index contributed by atoms with van der Waals surface area (Å²) < 4.78 is 109. The first kappa shape index (κ1) is 26.5. The summed E-state index contributed by atoms with van der Waals surface area (Å²) in [6, 6.07) is 10.4. The van der Waals surface area contributed by atoms with Gasteiger partial charge in [0.2, 0.25) is 5.88 Å². The summed E-state index contributed by atoms with van der Waals surface area (Å²) in [6.07, 6.45) is -7.97. The van der Waals surface area contributed by atoms with Crippen molar-refractivity contribution in [3.8, 4) is 11.6 Å². The molecule has 1 fully saturated rings. The quantitative estimate of drug-likeness (QED) is 0.377. The molecule has 6 nitrogen and oxygen atoms in total. The summed E-state index contributed by atoms with van der Waals surface area (Å²) in [5, 5.41) is 2.31. The molecule has 0 aliphatic heterocycles. The molecule has 196 valence electrons. The SMILES string of the molecule is CS(=O)(=O)c1cccc(NC(=O)c2cc(C(F)(F)F)cnc2Oc2ccc(C3(C(F)(F)F)CC3)cc2)c1. The van der Waals surface area contributed by atoms with E-state index >= 15 is 0 Å². The molecule has 1 aliphatic rings. The highest BCUT2D eigenvalue weighted by Gasteiger charge is 2.64. The average molecular weight is 544 g/mol. The van der Waals surface area contributed by atoms with Crippen LogP contribution in [0.4, 0.5) is 32.0 Å². The normalized spacial score (nSPS) is 15.2. The highest BCUT2D eigenvalue weighted by Crippen LogP contribution is 2.59. The Morgan fingerprint density at radius 2 is 1.65 bits per heavy atom. The van der Waals surface area contributed by atoms with Gasteiger partial charge >= 0.3 is 12.4 Å². The van der Waals surface area contributed by atoms with E-state index in [4.69, 9.17) is 4.74 Å². The number of pyridine rings is 1. The minimum Gasteiger partial charge on any atom is -0.438 e. The fourth-order valence-electron chi connectivity index (χ4n) is 3.67. The Hall–Kier alpha value is -3.61. The van der Waals surface area contributed by atoms with Gasteiger partial charge in [0.15, 0.2) is 9.84 Å². The summed E-state index contributed by atoms with van der Waals surface area (Å²) in [7, 11) is -3.63. The number of alkyl halides is 6. The molecule has 0 unspecified atom stereocenters. The first-order valence-corrected chi connectivity index (χ1v) is 12.5. The van der Waals surface area contributed by atoms with Crippen LogP contribution in [-0.2, 0) is 21.4 Å². The van der Waals surface area contributed by atoms with Crippen LogP contribution in [0, 0.1) is 0 Å². The van der Waals surface area contributed by atoms with Gasteiger partial charge in [-0.2, -0.15) is 26.3 Å². The number of carbonyl (C=O) groups excluding carboxylic acids is 1. The zero-order chi connectivity index (χ0) is 27.2. The highest BCUT2D eigenvalue weighted by atomic mass is 32.2. The number of carbonyl (C=O) groups is 1. The number of hydrogen-bond acceptors (Lipinski definition) is 5. The van der Waals surface area contributed by atoms with E-state index in [2.05, 4.69) is 10.3 Å². The van der Waals surface area contributed by atoms with Gasteiger partial charge in [-0.25, -0.2) is 13.4 Å². The molecule has 1 saturated carbocycles. The van der Waals surface area contributed by atoms with Crippen molar-refractivity contribution in [2.24, 2.45) is 0 Å². The van der Waals surface area contributed by atoms with Gasteiger partial charge in [0.25, 0.3) is 5.91 Å². The van der Waals surface area contributed by atoms with Crippen LogP contribution >= 0.6 is 0 Å². The predicted octanol–water partition coefficient (Wildman–Crippen LogP) is 6.14. The molecular formula is C24H18F6N2O4S. The number of nitrogens with zero attached hydrogens (tertiary/aromatic N) is 1. The van der Waals surface area contributed by atoms with Gasteiger partial charge in [0.1, 0.15) is 11.3 Å². The monoisotopic (exact) mass is 544 g/mol. The first-order chi connectivity index (χ1) is 17.1. The molecular weight excluding hydrogens is 526 g/mol. The van der Waals surface area contributed by atoms with Crippen LogP contribution in [0.25, 0.3) is 0 Å². The number of anilines is 1. The van der Waals surface area contributed by atoms with E-state index < -0.39 is 50.5 Å². The molecule has 1 aliphatic carbocycles. The van der Waals surface area contributed by atoms with Crippen molar-refractivity contribution >= 4 is 21.4 Å². The molecule has 2 aromatic carbocycles. The van der Waals surface area contributed by atoms with E-state index in [9.17, 15) is 39.6 Å². The molecule has 0 atom stereocenters. The Balaban J connectivity index is 1.64. The van der Waals surface area contributed by atoms with E-state index in [0.717, 1.165) is 12.3 Å². The molecule has 0 radical (unpaired) electrons. The number of halogens is 6. The summed E-state index contributed by atoms with van der Waals surface area (Å²) in [5.74, 6) is -1.67. The third-order valence-electron chi connectivity index (χ3n) is 5.86. The van der Waals surface area contributed by atoms with Gasteiger partial charge in [-0.15, -0.1) is 0 Å². The number of rotatable bonds is 6. The maximum Gasteiger partial charge on any atom is 0.417 e. The Bertz CT molecular complexity index is 1450. The molecule has 13 heteroatoms. The maximum absolute atomic E-state index is 13.4. The molecule has 0 saturated heterocycles. The van der Waals surface area contributed by atoms with Crippen molar-refractivity contribution in [3.63, 3.8) is 0 Å². The Morgan fingerprint density at radius 1 is 1.00 bits per heavy atom. The number of benzene rings is 2. The molecule has 37 heavy (non-hydrogen) atoms. The maximum atomic E-state index is 13.4. The fourth-order valence-corrected chi connectivity index (χ4v) is 4.34. The number of amides is 1. The van der Waals surface area contributed by atoms with E-state index in [1.165, 1.54) is 42.5 Å². The lowest BCUT2D eigenvalue weighted by molar-refractivity contribution is -0.160. The zero-order valence-corrected chi connectivity index (χ0v) is 19.8. The minimum absolute atomic E-state index is 0.0116. The molecule has 3 aromatic rings. The van der Waals surface area contributed by atoms with Gasteiger partial charge in [-0.1, -0.05) is 18.2 Å². The first-order valence-electron chi connectivity index (χ1n) is 10.6. The van der Waals surface area contributed by atoms with Crippen LogP contribution in [0.15, 0.2) is 65.7 Å². The predicted molar refractivity (Wildman–Crippen MR) is 120 cm³/mol. The Morgan fingerprint density at radius 3 is 2.19 bits per heavy atom. The van der Waals surface area contributed by atoms with E-state index in [1.54, 1.807) is 0 Å². The minimum atomic E-state index is -4.84. The number of ether oxygens (including phenoxy) is 1. The van der Waals surface area contributed by atoms with Gasteiger partial charge in [0, 0.05) is 18.1 Å². The van der Waals surface area contributed by atoms with Crippen molar-refractivity contribution < 1.29 is 44.3 Å². The summed E-state index contributed by atoms with van der Waals surface area (Å²) in [5.41, 5.74) is -3.79. The lowest BCUT2D eigenvalue weighted by Crippen LogP contribution is -2.28. The van der Waals surface area contributed by atoms with Gasteiger partial charge in [0.05, 0.1) is 15.9 Å². The van der Waals surface area contributed by atoms with Crippen LogP contribution in [0.5, 0.6) is 11.6 Å². The van der Waals surface area contributed by atoms with E-state index in [-0.39, 0.29) is 34.7 Å². The second-order valence-electron chi connectivity index (χ2n) is 8.53. The smallest absolute Gasteiger partial charge is 0.417 e. The van der Waals surface area contributed by atoms with Crippen molar-refractivity contribution in [1.82, 2.24) is 4.98 Å². The molecule has 1 amide bonds. The van der Waals surface area contributed by atoms with Crippen LogP contribution in [-0.4, -0.2) is 31.7 Å². The van der Waals surface area contributed by atoms with Crippen LogP contribution < -0.4 is 10.1 Å². The highest BCUT2D eigenvalue weighted by molar-refractivity contribution is 7.90. The topological polar surface area (TPSA) is 85.4 Å². The second-order valence-corrected chi connectivity index (χ2v) is 10.6. The molecule has 4 rings (SSSR count). The second kappa shape index (κ2) is 9.05. The lowest BCUT2D eigenvalue weighted by atomic mass is 9.95. The zero-order valence-electron chi connectivity index (χ0n) is 18.9. The van der Waals surface area contributed by atoms with Crippen LogP contribution in [0.2, 0.25) is 0 Å².